The predicted molar refractivity (Wildman–Crippen MR) is 78.8 cm³/mol. The first kappa shape index (κ1) is 13.8. The molecule has 2 aromatic carbocycles. The topological polar surface area (TPSA) is 40.5 Å². The standard InChI is InChI=1S/C17H16FNO2/c1-10-3-4-12(8-14(10)18)17(21)11-5-6-15-13(7-11)9-16(20)19(15)2/h3-8,17,21H,9H2,1-2H3. The number of fused-ring (bicyclic) bond motifs is 1. The van der Waals surface area contributed by atoms with E-state index < -0.39 is 6.10 Å². The van der Waals surface area contributed by atoms with Gasteiger partial charge in [-0.3, -0.25) is 4.79 Å². The van der Waals surface area contributed by atoms with Crippen molar-refractivity contribution in [3.8, 4) is 0 Å². The average Bonchev–Trinajstić information content (AvgIpc) is 2.76. The fraction of sp³-hybridized carbons (Fsp3) is 0.235. The smallest absolute Gasteiger partial charge is 0.231 e. The molecule has 0 spiro atoms. The third kappa shape index (κ3) is 2.32. The van der Waals surface area contributed by atoms with E-state index in [-0.39, 0.29) is 11.7 Å². The largest absolute Gasteiger partial charge is 0.384 e. The van der Waals surface area contributed by atoms with Crippen LogP contribution in [-0.2, 0) is 11.2 Å². The minimum atomic E-state index is -0.897. The molecular formula is C17H16FNO2. The van der Waals surface area contributed by atoms with Crippen molar-refractivity contribution in [2.75, 3.05) is 11.9 Å². The molecule has 0 saturated heterocycles. The van der Waals surface area contributed by atoms with Crippen LogP contribution in [0.1, 0.15) is 28.4 Å². The van der Waals surface area contributed by atoms with Crippen LogP contribution in [0.25, 0.3) is 0 Å². The summed E-state index contributed by atoms with van der Waals surface area (Å²) in [6.45, 7) is 1.68. The second-order valence-electron chi connectivity index (χ2n) is 5.43. The Morgan fingerprint density at radius 2 is 1.86 bits per heavy atom. The molecule has 1 heterocycles. The highest BCUT2D eigenvalue weighted by Gasteiger charge is 2.25. The Morgan fingerprint density at radius 3 is 2.57 bits per heavy atom. The Balaban J connectivity index is 1.96. The molecule has 0 radical (unpaired) electrons. The Morgan fingerprint density at radius 1 is 1.19 bits per heavy atom. The molecule has 0 saturated carbocycles. The highest BCUT2D eigenvalue weighted by Crippen LogP contribution is 2.32. The molecule has 1 aliphatic heterocycles. The first-order chi connectivity index (χ1) is 9.97. The van der Waals surface area contributed by atoms with Gasteiger partial charge in [-0.2, -0.15) is 0 Å². The molecule has 1 unspecified atom stereocenters. The van der Waals surface area contributed by atoms with E-state index in [9.17, 15) is 14.3 Å². The van der Waals surface area contributed by atoms with Crippen molar-refractivity contribution in [3.63, 3.8) is 0 Å². The quantitative estimate of drug-likeness (QED) is 0.921. The van der Waals surface area contributed by atoms with Gasteiger partial charge in [0.1, 0.15) is 11.9 Å². The number of likely N-dealkylation sites (N-methyl/N-ethyl adjacent to an activating group) is 1. The number of aryl methyl sites for hydroxylation is 1. The normalized spacial score (nSPS) is 15.2. The number of benzene rings is 2. The minimum absolute atomic E-state index is 0.0398. The van der Waals surface area contributed by atoms with Crippen molar-refractivity contribution in [3.05, 3.63) is 64.5 Å². The van der Waals surface area contributed by atoms with Crippen molar-refractivity contribution < 1.29 is 14.3 Å². The third-order valence-corrected chi connectivity index (χ3v) is 4.01. The van der Waals surface area contributed by atoms with E-state index in [0.717, 1.165) is 11.3 Å². The number of nitrogens with zero attached hydrogens (tertiary/aromatic N) is 1. The van der Waals surface area contributed by atoms with E-state index in [4.69, 9.17) is 0 Å². The number of aliphatic hydroxyl groups is 1. The van der Waals surface area contributed by atoms with Gasteiger partial charge in [-0.15, -0.1) is 0 Å². The van der Waals surface area contributed by atoms with Crippen LogP contribution in [0.15, 0.2) is 36.4 Å². The van der Waals surface area contributed by atoms with Crippen LogP contribution in [0.2, 0.25) is 0 Å². The van der Waals surface area contributed by atoms with Gasteiger partial charge in [-0.25, -0.2) is 4.39 Å². The summed E-state index contributed by atoms with van der Waals surface area (Å²) in [4.78, 5) is 13.3. The van der Waals surface area contributed by atoms with E-state index in [2.05, 4.69) is 0 Å². The zero-order valence-electron chi connectivity index (χ0n) is 11.9. The molecule has 0 bridgehead atoms. The van der Waals surface area contributed by atoms with Gasteiger partial charge in [0.25, 0.3) is 0 Å². The highest BCUT2D eigenvalue weighted by atomic mass is 19.1. The summed E-state index contributed by atoms with van der Waals surface area (Å²) in [5.41, 5.74) is 3.49. The van der Waals surface area contributed by atoms with Gasteiger partial charge >= 0.3 is 0 Å². The second kappa shape index (κ2) is 4.97. The lowest BCUT2D eigenvalue weighted by Gasteiger charge is -2.15. The van der Waals surface area contributed by atoms with E-state index in [1.807, 2.05) is 12.1 Å². The number of carbonyl (C=O) groups is 1. The fourth-order valence-electron chi connectivity index (χ4n) is 2.63. The molecule has 0 aromatic heterocycles. The number of carbonyl (C=O) groups excluding carboxylic acids is 1. The number of hydrogen-bond acceptors (Lipinski definition) is 2. The summed E-state index contributed by atoms with van der Waals surface area (Å²) in [6, 6.07) is 10.1. The second-order valence-corrected chi connectivity index (χ2v) is 5.43. The van der Waals surface area contributed by atoms with E-state index in [1.165, 1.54) is 6.07 Å². The minimum Gasteiger partial charge on any atom is -0.384 e. The molecule has 1 aliphatic rings. The number of anilines is 1. The lowest BCUT2D eigenvalue weighted by molar-refractivity contribution is -0.117. The van der Waals surface area contributed by atoms with Crippen molar-refractivity contribution in [1.29, 1.82) is 0 Å². The van der Waals surface area contributed by atoms with E-state index in [1.54, 1.807) is 37.1 Å². The van der Waals surface area contributed by atoms with E-state index in [0.29, 0.717) is 23.1 Å². The molecular weight excluding hydrogens is 269 g/mol. The third-order valence-electron chi connectivity index (χ3n) is 4.01. The summed E-state index contributed by atoms with van der Waals surface area (Å²) < 4.78 is 13.6. The Bertz CT molecular complexity index is 727. The molecule has 1 amide bonds. The van der Waals surface area contributed by atoms with Gasteiger partial charge in [0.05, 0.1) is 6.42 Å². The Kier molecular flexibility index (Phi) is 3.26. The van der Waals surface area contributed by atoms with Crippen LogP contribution >= 0.6 is 0 Å². The van der Waals surface area contributed by atoms with Crippen molar-refractivity contribution in [2.24, 2.45) is 0 Å². The summed E-state index contributed by atoms with van der Waals surface area (Å²) in [7, 11) is 1.74. The molecule has 21 heavy (non-hydrogen) atoms. The van der Waals surface area contributed by atoms with Crippen LogP contribution in [0.4, 0.5) is 10.1 Å². The summed E-state index contributed by atoms with van der Waals surface area (Å²) >= 11 is 0. The highest BCUT2D eigenvalue weighted by molar-refractivity contribution is 6.00. The zero-order valence-corrected chi connectivity index (χ0v) is 11.9. The number of rotatable bonds is 2. The maximum absolute atomic E-state index is 13.6. The monoisotopic (exact) mass is 285 g/mol. The van der Waals surface area contributed by atoms with E-state index >= 15 is 0 Å². The molecule has 3 rings (SSSR count). The first-order valence-electron chi connectivity index (χ1n) is 6.81. The zero-order chi connectivity index (χ0) is 15.1. The van der Waals surface area contributed by atoms with Gasteiger partial charge in [0.15, 0.2) is 0 Å². The first-order valence-corrected chi connectivity index (χ1v) is 6.81. The van der Waals surface area contributed by atoms with Crippen LogP contribution in [0, 0.1) is 12.7 Å². The van der Waals surface area contributed by atoms with Crippen LogP contribution < -0.4 is 4.90 Å². The predicted octanol–water partition coefficient (Wildman–Crippen LogP) is 2.73. The summed E-state index contributed by atoms with van der Waals surface area (Å²) in [5, 5.41) is 10.4. The van der Waals surface area contributed by atoms with Gasteiger partial charge < -0.3 is 10.0 Å². The average molecular weight is 285 g/mol. The number of halogens is 1. The van der Waals surface area contributed by atoms with Crippen LogP contribution in [0.5, 0.6) is 0 Å². The molecule has 3 nitrogen and oxygen atoms in total. The molecule has 1 N–H and O–H groups in total. The van der Waals surface area contributed by atoms with Crippen LogP contribution in [0.3, 0.4) is 0 Å². The molecule has 108 valence electrons. The van der Waals surface area contributed by atoms with Crippen molar-refractivity contribution in [2.45, 2.75) is 19.4 Å². The van der Waals surface area contributed by atoms with Gasteiger partial charge in [-0.05, 0) is 41.3 Å². The SMILES string of the molecule is Cc1ccc(C(O)c2ccc3c(c2)CC(=O)N3C)cc1F. The molecule has 0 fully saturated rings. The van der Waals surface area contributed by atoms with Crippen molar-refractivity contribution >= 4 is 11.6 Å². The maximum atomic E-state index is 13.6. The maximum Gasteiger partial charge on any atom is 0.231 e. The number of amides is 1. The van der Waals surface area contributed by atoms with Gasteiger partial charge in [-0.1, -0.05) is 24.3 Å². The molecule has 0 aliphatic carbocycles. The van der Waals surface area contributed by atoms with Gasteiger partial charge in [0, 0.05) is 12.7 Å². The summed E-state index contributed by atoms with van der Waals surface area (Å²) in [5.74, 6) is -0.291. The number of hydrogen-bond donors (Lipinski definition) is 1. The lowest BCUT2D eigenvalue weighted by Crippen LogP contribution is -2.20. The molecule has 2 aromatic rings. The summed E-state index contributed by atoms with van der Waals surface area (Å²) in [6.07, 6.45) is -0.555. The molecule has 4 heteroatoms. The lowest BCUT2D eigenvalue weighted by atomic mass is 9.98. The fourth-order valence-corrected chi connectivity index (χ4v) is 2.63. The van der Waals surface area contributed by atoms with Gasteiger partial charge in [0.2, 0.25) is 5.91 Å². The van der Waals surface area contributed by atoms with Crippen molar-refractivity contribution in [1.82, 2.24) is 0 Å². The molecule has 1 atom stereocenters. The Labute approximate surface area is 122 Å². The van der Waals surface area contributed by atoms with Crippen LogP contribution in [-0.4, -0.2) is 18.1 Å². The Hall–Kier alpha value is -2.20. The number of aliphatic hydroxyl groups excluding tert-OH is 1.